The van der Waals surface area contributed by atoms with Crippen molar-refractivity contribution in [2.24, 2.45) is 0 Å². The molecular weight excluding hydrogens is 158 g/mol. The summed E-state index contributed by atoms with van der Waals surface area (Å²) in [5, 5.41) is 0. The first-order valence-corrected chi connectivity index (χ1v) is 4.88. The Hall–Kier alpha value is -1.24. The second-order valence-electron chi connectivity index (χ2n) is 3.51. The highest BCUT2D eigenvalue weighted by Gasteiger charge is 2.13. The number of anilines is 1. The summed E-state index contributed by atoms with van der Waals surface area (Å²) in [5.74, 6) is 0. The third-order valence-electron chi connectivity index (χ3n) is 2.55. The zero-order chi connectivity index (χ0) is 9.10. The van der Waals surface area contributed by atoms with Crippen LogP contribution in [0.25, 0.3) is 0 Å². The number of rotatable bonds is 1. The van der Waals surface area contributed by atoms with Gasteiger partial charge in [-0.3, -0.25) is 0 Å². The van der Waals surface area contributed by atoms with E-state index in [4.69, 9.17) is 0 Å². The highest BCUT2D eigenvalue weighted by atomic mass is 15.1. The summed E-state index contributed by atoms with van der Waals surface area (Å²) in [5.41, 5.74) is 2.55. The fourth-order valence-electron chi connectivity index (χ4n) is 1.81. The van der Waals surface area contributed by atoms with Crippen LogP contribution in [-0.4, -0.2) is 6.54 Å². The summed E-state index contributed by atoms with van der Waals surface area (Å²) in [6.45, 7) is 5.23. The minimum Gasteiger partial charge on any atom is -0.346 e. The lowest BCUT2D eigenvalue weighted by Crippen LogP contribution is -2.26. The molecule has 13 heavy (non-hydrogen) atoms. The van der Waals surface area contributed by atoms with Crippen molar-refractivity contribution >= 4 is 5.69 Å². The van der Waals surface area contributed by atoms with Crippen LogP contribution in [0.1, 0.15) is 19.3 Å². The molecule has 1 nitrogen and oxygen atoms in total. The van der Waals surface area contributed by atoms with Crippen LogP contribution in [0.4, 0.5) is 5.69 Å². The zero-order valence-corrected chi connectivity index (χ0v) is 7.87. The molecule has 0 bridgehead atoms. The molecule has 1 aliphatic heterocycles. The summed E-state index contributed by atoms with van der Waals surface area (Å²) in [6, 6.07) is 10.5. The second-order valence-corrected chi connectivity index (χ2v) is 3.51. The van der Waals surface area contributed by atoms with Crippen molar-refractivity contribution in [3.8, 4) is 0 Å². The maximum Gasteiger partial charge on any atom is 0.0408 e. The highest BCUT2D eigenvalue weighted by Crippen LogP contribution is 2.25. The largest absolute Gasteiger partial charge is 0.346 e. The van der Waals surface area contributed by atoms with E-state index in [9.17, 15) is 0 Å². The van der Waals surface area contributed by atoms with Gasteiger partial charge in [0.1, 0.15) is 0 Å². The van der Waals surface area contributed by atoms with Gasteiger partial charge in [0.25, 0.3) is 0 Å². The molecule has 0 spiro atoms. The van der Waals surface area contributed by atoms with E-state index in [1.165, 1.54) is 24.2 Å². The predicted molar refractivity (Wildman–Crippen MR) is 56.8 cm³/mol. The Balaban J connectivity index is 2.20. The van der Waals surface area contributed by atoms with Crippen molar-refractivity contribution in [1.29, 1.82) is 0 Å². The van der Waals surface area contributed by atoms with Crippen LogP contribution in [0.3, 0.4) is 0 Å². The van der Waals surface area contributed by atoms with Crippen molar-refractivity contribution < 1.29 is 0 Å². The summed E-state index contributed by atoms with van der Waals surface area (Å²) in [6.07, 6.45) is 3.73. The second kappa shape index (κ2) is 3.65. The van der Waals surface area contributed by atoms with E-state index in [1.54, 1.807) is 0 Å². The Morgan fingerprint density at radius 1 is 1.08 bits per heavy atom. The lowest BCUT2D eigenvalue weighted by Gasteiger charge is -2.30. The van der Waals surface area contributed by atoms with E-state index in [2.05, 4.69) is 41.8 Å². The molecule has 1 fully saturated rings. The number of allylic oxidation sites excluding steroid dienone is 1. The smallest absolute Gasteiger partial charge is 0.0408 e. The number of benzene rings is 1. The average molecular weight is 173 g/mol. The number of piperidine rings is 1. The molecular formula is C12H15N. The zero-order valence-electron chi connectivity index (χ0n) is 7.87. The van der Waals surface area contributed by atoms with Gasteiger partial charge in [-0.05, 0) is 31.4 Å². The molecule has 2 rings (SSSR count). The molecule has 0 aromatic heterocycles. The molecule has 0 amide bonds. The Morgan fingerprint density at radius 3 is 2.54 bits per heavy atom. The van der Waals surface area contributed by atoms with Crippen LogP contribution >= 0.6 is 0 Å². The fraction of sp³-hybridized carbons (Fsp3) is 0.333. The van der Waals surface area contributed by atoms with Crippen LogP contribution in [0.15, 0.2) is 42.6 Å². The van der Waals surface area contributed by atoms with Gasteiger partial charge in [-0.15, -0.1) is 0 Å². The molecule has 0 saturated carbocycles. The Kier molecular flexibility index (Phi) is 2.35. The molecule has 1 heterocycles. The number of hydrogen-bond acceptors (Lipinski definition) is 1. The van der Waals surface area contributed by atoms with Gasteiger partial charge < -0.3 is 4.90 Å². The first-order chi connectivity index (χ1) is 6.38. The minimum atomic E-state index is 1.13. The molecule has 0 aliphatic carbocycles. The van der Waals surface area contributed by atoms with Crippen molar-refractivity contribution in [2.45, 2.75) is 19.3 Å². The van der Waals surface area contributed by atoms with Gasteiger partial charge in [-0.25, -0.2) is 0 Å². The van der Waals surface area contributed by atoms with E-state index in [1.807, 2.05) is 0 Å². The fourth-order valence-corrected chi connectivity index (χ4v) is 1.81. The van der Waals surface area contributed by atoms with Crippen LogP contribution in [0.2, 0.25) is 0 Å². The van der Waals surface area contributed by atoms with Crippen LogP contribution in [0, 0.1) is 0 Å². The average Bonchev–Trinajstić information content (AvgIpc) is 2.20. The van der Waals surface area contributed by atoms with Gasteiger partial charge in [0.2, 0.25) is 0 Å². The van der Waals surface area contributed by atoms with E-state index in [0.29, 0.717) is 0 Å². The standard InChI is InChI=1S/C12H15N/c1-11-7-5-6-10-13(11)12-8-3-2-4-9-12/h2-4,8-9H,1,5-7,10H2. The third-order valence-corrected chi connectivity index (χ3v) is 2.55. The summed E-state index contributed by atoms with van der Waals surface area (Å²) >= 11 is 0. The normalized spacial score (nSPS) is 17.5. The van der Waals surface area contributed by atoms with E-state index >= 15 is 0 Å². The molecule has 0 N–H and O–H groups in total. The van der Waals surface area contributed by atoms with Crippen LogP contribution < -0.4 is 4.90 Å². The lowest BCUT2D eigenvalue weighted by atomic mass is 10.1. The lowest BCUT2D eigenvalue weighted by molar-refractivity contribution is 0.641. The van der Waals surface area contributed by atoms with Crippen molar-refractivity contribution in [3.05, 3.63) is 42.6 Å². The summed E-state index contributed by atoms with van der Waals surface area (Å²) < 4.78 is 0. The molecule has 1 aromatic carbocycles. The minimum absolute atomic E-state index is 1.13. The van der Waals surface area contributed by atoms with Crippen molar-refractivity contribution in [1.82, 2.24) is 0 Å². The van der Waals surface area contributed by atoms with Gasteiger partial charge in [0, 0.05) is 17.9 Å². The van der Waals surface area contributed by atoms with Gasteiger partial charge in [-0.1, -0.05) is 24.8 Å². The number of para-hydroxylation sites is 1. The number of nitrogens with zero attached hydrogens (tertiary/aromatic N) is 1. The first kappa shape index (κ1) is 8.36. The van der Waals surface area contributed by atoms with Gasteiger partial charge in [0.15, 0.2) is 0 Å². The van der Waals surface area contributed by atoms with Crippen LogP contribution in [0.5, 0.6) is 0 Å². The van der Waals surface area contributed by atoms with Gasteiger partial charge in [-0.2, -0.15) is 0 Å². The molecule has 1 heteroatoms. The Labute approximate surface area is 79.7 Å². The van der Waals surface area contributed by atoms with Crippen molar-refractivity contribution in [2.75, 3.05) is 11.4 Å². The summed E-state index contributed by atoms with van der Waals surface area (Å²) in [4.78, 5) is 2.32. The maximum atomic E-state index is 4.10. The topological polar surface area (TPSA) is 3.24 Å². The molecule has 1 aliphatic rings. The molecule has 68 valence electrons. The summed E-state index contributed by atoms with van der Waals surface area (Å²) in [7, 11) is 0. The van der Waals surface area contributed by atoms with Gasteiger partial charge >= 0.3 is 0 Å². The molecule has 0 atom stereocenters. The third kappa shape index (κ3) is 1.74. The Morgan fingerprint density at radius 2 is 1.85 bits per heavy atom. The number of hydrogen-bond donors (Lipinski definition) is 0. The predicted octanol–water partition coefficient (Wildman–Crippen LogP) is 3.19. The van der Waals surface area contributed by atoms with Crippen molar-refractivity contribution in [3.63, 3.8) is 0 Å². The Bertz CT molecular complexity index is 289. The molecule has 0 radical (unpaired) electrons. The SMILES string of the molecule is C=C1CCCCN1c1ccccc1. The van der Waals surface area contributed by atoms with E-state index in [-0.39, 0.29) is 0 Å². The highest BCUT2D eigenvalue weighted by molar-refractivity contribution is 5.51. The maximum absolute atomic E-state index is 4.10. The molecule has 1 aromatic rings. The van der Waals surface area contributed by atoms with Crippen LogP contribution in [-0.2, 0) is 0 Å². The van der Waals surface area contributed by atoms with E-state index in [0.717, 1.165) is 13.0 Å². The van der Waals surface area contributed by atoms with E-state index < -0.39 is 0 Å². The molecule has 0 unspecified atom stereocenters. The van der Waals surface area contributed by atoms with Gasteiger partial charge in [0.05, 0.1) is 0 Å². The monoisotopic (exact) mass is 173 g/mol. The quantitative estimate of drug-likeness (QED) is 0.630. The molecule has 1 saturated heterocycles. The first-order valence-electron chi connectivity index (χ1n) is 4.88.